The molecular weight excluding hydrogens is 417 g/mol. The van der Waals surface area contributed by atoms with Gasteiger partial charge in [0.05, 0.1) is 10.5 Å². The van der Waals surface area contributed by atoms with E-state index in [9.17, 15) is 26.4 Å². The van der Waals surface area contributed by atoms with Crippen molar-refractivity contribution in [2.45, 2.75) is 56.4 Å². The van der Waals surface area contributed by atoms with Gasteiger partial charge in [0.25, 0.3) is 5.91 Å². The van der Waals surface area contributed by atoms with E-state index in [0.29, 0.717) is 5.56 Å². The van der Waals surface area contributed by atoms with Gasteiger partial charge in [0, 0.05) is 24.2 Å². The van der Waals surface area contributed by atoms with Gasteiger partial charge >= 0.3 is 6.18 Å². The molecule has 3 rings (SSSR count). The van der Waals surface area contributed by atoms with Gasteiger partial charge in [-0.05, 0) is 62.6 Å². The topological polar surface area (TPSA) is 66.5 Å². The summed E-state index contributed by atoms with van der Waals surface area (Å²) >= 11 is 0. The minimum Gasteiger partial charge on any atom is -0.331 e. The van der Waals surface area contributed by atoms with E-state index < -0.39 is 21.8 Å². The van der Waals surface area contributed by atoms with Crippen LogP contribution in [0.1, 0.15) is 48.2 Å². The Hall–Kier alpha value is -2.39. The number of alkyl halides is 3. The Morgan fingerprint density at radius 1 is 1.13 bits per heavy atom. The summed E-state index contributed by atoms with van der Waals surface area (Å²) < 4.78 is 65.6. The van der Waals surface area contributed by atoms with Gasteiger partial charge < -0.3 is 4.90 Å². The quantitative estimate of drug-likeness (QED) is 0.702. The Balaban J connectivity index is 1.82. The van der Waals surface area contributed by atoms with Crippen LogP contribution in [0.4, 0.5) is 13.2 Å². The maximum atomic E-state index is 13.1. The highest BCUT2D eigenvalue weighted by Gasteiger charge is 2.34. The molecule has 1 aliphatic rings. The monoisotopic (exact) mass is 440 g/mol. The molecule has 0 aromatic heterocycles. The second-order valence-electron chi connectivity index (χ2n) is 7.66. The lowest BCUT2D eigenvalue weighted by atomic mass is 10.1. The molecule has 0 atom stereocenters. The maximum absolute atomic E-state index is 13.1. The first kappa shape index (κ1) is 22.3. The fourth-order valence-electron chi connectivity index (χ4n) is 3.09. The lowest BCUT2D eigenvalue weighted by molar-refractivity contribution is -0.137. The molecule has 30 heavy (non-hydrogen) atoms. The van der Waals surface area contributed by atoms with Gasteiger partial charge in [0.2, 0.25) is 10.0 Å². The first-order valence-electron chi connectivity index (χ1n) is 9.57. The summed E-state index contributed by atoms with van der Waals surface area (Å²) in [7, 11) is -3.75. The molecule has 0 saturated heterocycles. The number of halogens is 3. The van der Waals surface area contributed by atoms with Crippen LogP contribution in [-0.4, -0.2) is 31.3 Å². The van der Waals surface area contributed by atoms with Crippen molar-refractivity contribution in [3.8, 4) is 0 Å². The van der Waals surface area contributed by atoms with E-state index in [2.05, 4.69) is 4.72 Å². The molecule has 5 nitrogen and oxygen atoms in total. The largest absolute Gasteiger partial charge is 0.416 e. The fraction of sp³-hybridized carbons (Fsp3) is 0.381. The summed E-state index contributed by atoms with van der Waals surface area (Å²) in [6.45, 7) is 3.56. The molecular formula is C21H23F3N2O3S. The van der Waals surface area contributed by atoms with Crippen LogP contribution in [-0.2, 0) is 22.7 Å². The number of benzene rings is 2. The number of carbonyl (C=O) groups is 1. The SMILES string of the molecule is CC(C)NS(=O)(=O)c1cccc(C(=O)N(Cc2ccc(C(F)(F)F)cc2)C2CC2)c1. The van der Waals surface area contributed by atoms with Crippen LogP contribution in [0.5, 0.6) is 0 Å². The Bertz CT molecular complexity index is 1010. The average Bonchev–Trinajstić information content (AvgIpc) is 3.49. The molecule has 1 amide bonds. The molecule has 162 valence electrons. The number of hydrogen-bond acceptors (Lipinski definition) is 3. The molecule has 1 aliphatic carbocycles. The zero-order valence-corrected chi connectivity index (χ0v) is 17.4. The van der Waals surface area contributed by atoms with Crippen LogP contribution in [0.3, 0.4) is 0 Å². The van der Waals surface area contributed by atoms with Gasteiger partial charge in [-0.2, -0.15) is 13.2 Å². The Morgan fingerprint density at radius 2 is 1.77 bits per heavy atom. The minimum absolute atomic E-state index is 0.00570. The van der Waals surface area contributed by atoms with E-state index in [1.165, 1.54) is 30.3 Å². The van der Waals surface area contributed by atoms with E-state index in [1.54, 1.807) is 24.8 Å². The molecule has 0 spiro atoms. The highest BCUT2D eigenvalue weighted by Crippen LogP contribution is 2.32. The van der Waals surface area contributed by atoms with E-state index in [-0.39, 0.29) is 35.0 Å². The van der Waals surface area contributed by atoms with Crippen LogP contribution in [0.2, 0.25) is 0 Å². The number of nitrogens with zero attached hydrogens (tertiary/aromatic N) is 1. The van der Waals surface area contributed by atoms with Crippen LogP contribution in [0.25, 0.3) is 0 Å². The Morgan fingerprint density at radius 3 is 2.30 bits per heavy atom. The first-order valence-corrected chi connectivity index (χ1v) is 11.1. The predicted octanol–water partition coefficient (Wildman–Crippen LogP) is 4.20. The van der Waals surface area contributed by atoms with Crippen molar-refractivity contribution in [2.75, 3.05) is 0 Å². The summed E-state index contributed by atoms with van der Waals surface area (Å²) in [5.74, 6) is -0.348. The lowest BCUT2D eigenvalue weighted by Gasteiger charge is -2.23. The van der Waals surface area contributed by atoms with Crippen molar-refractivity contribution in [1.29, 1.82) is 0 Å². The van der Waals surface area contributed by atoms with Crippen LogP contribution >= 0.6 is 0 Å². The predicted molar refractivity (Wildman–Crippen MR) is 106 cm³/mol. The third kappa shape index (κ3) is 5.40. The zero-order valence-electron chi connectivity index (χ0n) is 16.6. The van der Waals surface area contributed by atoms with Gasteiger partial charge in [-0.15, -0.1) is 0 Å². The molecule has 0 heterocycles. The number of amides is 1. The van der Waals surface area contributed by atoms with Gasteiger partial charge in [-0.1, -0.05) is 18.2 Å². The van der Waals surface area contributed by atoms with Crippen LogP contribution in [0, 0.1) is 0 Å². The zero-order chi connectivity index (χ0) is 22.1. The standard InChI is InChI=1S/C21H23F3N2O3S/c1-14(2)25-30(28,29)19-5-3-4-16(12-19)20(27)26(18-10-11-18)13-15-6-8-17(9-7-15)21(22,23)24/h3-9,12,14,18,25H,10-11,13H2,1-2H3. The Kier molecular flexibility index (Phi) is 6.24. The highest BCUT2D eigenvalue weighted by atomic mass is 32.2. The van der Waals surface area contributed by atoms with Gasteiger partial charge in [0.1, 0.15) is 0 Å². The Labute approximate surface area is 173 Å². The molecule has 0 unspecified atom stereocenters. The van der Waals surface area contributed by atoms with Crippen molar-refractivity contribution in [2.24, 2.45) is 0 Å². The molecule has 1 saturated carbocycles. The van der Waals surface area contributed by atoms with Gasteiger partial charge in [0.15, 0.2) is 0 Å². The van der Waals surface area contributed by atoms with E-state index in [0.717, 1.165) is 25.0 Å². The van der Waals surface area contributed by atoms with Gasteiger partial charge in [-0.3, -0.25) is 4.79 Å². The third-order valence-corrected chi connectivity index (χ3v) is 6.32. The third-order valence-electron chi connectivity index (χ3n) is 4.66. The maximum Gasteiger partial charge on any atom is 0.416 e. The van der Waals surface area contributed by atoms with Crippen molar-refractivity contribution in [1.82, 2.24) is 9.62 Å². The summed E-state index contributed by atoms with van der Waals surface area (Å²) in [5.41, 5.74) is 0.0556. The minimum atomic E-state index is -4.42. The number of hydrogen-bond donors (Lipinski definition) is 1. The summed E-state index contributed by atoms with van der Waals surface area (Å²) in [6, 6.07) is 10.2. The normalized spacial score (nSPS) is 14.7. The molecule has 0 bridgehead atoms. The molecule has 9 heteroatoms. The smallest absolute Gasteiger partial charge is 0.331 e. The van der Waals surface area contributed by atoms with Crippen molar-refractivity contribution in [3.63, 3.8) is 0 Å². The molecule has 0 aliphatic heterocycles. The number of nitrogens with one attached hydrogen (secondary N) is 1. The first-order chi connectivity index (χ1) is 14.0. The number of sulfonamides is 1. The fourth-order valence-corrected chi connectivity index (χ4v) is 4.39. The van der Waals surface area contributed by atoms with Crippen molar-refractivity contribution >= 4 is 15.9 Å². The summed E-state index contributed by atoms with van der Waals surface area (Å²) in [5, 5.41) is 0. The number of carbonyl (C=O) groups excluding carboxylic acids is 1. The van der Waals surface area contributed by atoms with Crippen LogP contribution < -0.4 is 4.72 Å². The second-order valence-corrected chi connectivity index (χ2v) is 9.38. The molecule has 1 N–H and O–H groups in total. The number of rotatable bonds is 7. The van der Waals surface area contributed by atoms with E-state index >= 15 is 0 Å². The van der Waals surface area contributed by atoms with Gasteiger partial charge in [-0.25, -0.2) is 13.1 Å². The summed E-state index contributed by atoms with van der Waals surface area (Å²) in [4.78, 5) is 14.7. The average molecular weight is 440 g/mol. The molecule has 1 fully saturated rings. The van der Waals surface area contributed by atoms with E-state index in [4.69, 9.17) is 0 Å². The van der Waals surface area contributed by atoms with Crippen molar-refractivity contribution < 1.29 is 26.4 Å². The van der Waals surface area contributed by atoms with E-state index in [1.807, 2.05) is 0 Å². The molecule has 2 aromatic carbocycles. The lowest BCUT2D eigenvalue weighted by Crippen LogP contribution is -2.33. The van der Waals surface area contributed by atoms with Crippen LogP contribution in [0.15, 0.2) is 53.4 Å². The second kappa shape index (κ2) is 8.39. The van der Waals surface area contributed by atoms with Crippen molar-refractivity contribution in [3.05, 3.63) is 65.2 Å². The molecule has 2 aromatic rings. The highest BCUT2D eigenvalue weighted by molar-refractivity contribution is 7.89. The summed E-state index contributed by atoms with van der Waals surface area (Å²) in [6.07, 6.45) is -2.81. The molecule has 0 radical (unpaired) electrons.